The van der Waals surface area contributed by atoms with Gasteiger partial charge in [0.15, 0.2) is 0 Å². The molecule has 2 unspecified atom stereocenters. The van der Waals surface area contributed by atoms with Crippen LogP contribution < -0.4 is 0 Å². The average molecular weight is 220 g/mol. The molecule has 2 aliphatic rings. The van der Waals surface area contributed by atoms with E-state index in [0.29, 0.717) is 5.92 Å². The maximum absolute atomic E-state index is 5.43. The van der Waals surface area contributed by atoms with Crippen LogP contribution in [0.5, 0.6) is 0 Å². The zero-order valence-corrected chi connectivity index (χ0v) is 9.98. The lowest BCUT2D eigenvalue weighted by atomic mass is 9.99. The summed E-state index contributed by atoms with van der Waals surface area (Å²) in [6.07, 6.45) is 6.91. The third-order valence-electron chi connectivity index (χ3n) is 3.90. The van der Waals surface area contributed by atoms with Gasteiger partial charge in [-0.25, -0.2) is 4.98 Å². The minimum atomic E-state index is 0.698. The summed E-state index contributed by atoms with van der Waals surface area (Å²) in [7, 11) is 0. The quantitative estimate of drug-likeness (QED) is 0.762. The Bertz CT molecular complexity index is 366. The first-order chi connectivity index (χ1) is 7.83. The Balaban J connectivity index is 1.77. The second kappa shape index (κ2) is 4.21. The maximum Gasteiger partial charge on any atom is 0.109 e. The molecule has 1 aromatic rings. The third-order valence-corrected chi connectivity index (χ3v) is 3.90. The van der Waals surface area contributed by atoms with Crippen molar-refractivity contribution in [3.8, 4) is 0 Å². The van der Waals surface area contributed by atoms with Crippen molar-refractivity contribution in [3.63, 3.8) is 0 Å². The van der Waals surface area contributed by atoms with Crippen molar-refractivity contribution < 1.29 is 4.74 Å². The molecule has 1 fully saturated rings. The lowest BCUT2D eigenvalue weighted by Gasteiger charge is -2.23. The van der Waals surface area contributed by atoms with Crippen LogP contribution in [0.3, 0.4) is 0 Å². The smallest absolute Gasteiger partial charge is 0.109 e. The second-order valence-electron chi connectivity index (χ2n) is 5.35. The van der Waals surface area contributed by atoms with E-state index in [-0.39, 0.29) is 0 Å². The van der Waals surface area contributed by atoms with Crippen LogP contribution in [-0.2, 0) is 24.1 Å². The van der Waals surface area contributed by atoms with E-state index in [4.69, 9.17) is 4.74 Å². The van der Waals surface area contributed by atoms with Crippen LogP contribution in [0.1, 0.15) is 31.3 Å². The van der Waals surface area contributed by atoms with Crippen LogP contribution in [0.25, 0.3) is 0 Å². The molecule has 3 nitrogen and oxygen atoms in total. The van der Waals surface area contributed by atoms with Gasteiger partial charge in [0.1, 0.15) is 5.82 Å². The molecule has 1 saturated heterocycles. The first-order valence-corrected chi connectivity index (χ1v) is 6.44. The molecule has 2 aliphatic heterocycles. The molecule has 0 aliphatic carbocycles. The minimum Gasteiger partial charge on any atom is -0.381 e. The molecule has 0 bridgehead atoms. The first-order valence-electron chi connectivity index (χ1n) is 6.44. The number of hydrogen-bond acceptors (Lipinski definition) is 2. The Hall–Kier alpha value is -0.830. The summed E-state index contributed by atoms with van der Waals surface area (Å²) in [5.41, 5.74) is 1.44. The van der Waals surface area contributed by atoms with Crippen LogP contribution in [0, 0.1) is 11.8 Å². The Morgan fingerprint density at radius 1 is 1.50 bits per heavy atom. The summed E-state index contributed by atoms with van der Waals surface area (Å²) in [4.78, 5) is 4.60. The van der Waals surface area contributed by atoms with Crippen LogP contribution in [0.15, 0.2) is 6.20 Å². The van der Waals surface area contributed by atoms with Crippen LogP contribution in [0.2, 0.25) is 0 Å². The van der Waals surface area contributed by atoms with Crippen molar-refractivity contribution in [3.05, 3.63) is 17.7 Å². The molecule has 0 N–H and O–H groups in total. The highest BCUT2D eigenvalue weighted by molar-refractivity contribution is 5.09. The van der Waals surface area contributed by atoms with Gasteiger partial charge >= 0.3 is 0 Å². The molecule has 16 heavy (non-hydrogen) atoms. The lowest BCUT2D eigenvalue weighted by molar-refractivity contribution is 0.185. The molecule has 88 valence electrons. The van der Waals surface area contributed by atoms with Crippen molar-refractivity contribution in [2.45, 2.75) is 39.2 Å². The largest absolute Gasteiger partial charge is 0.381 e. The summed E-state index contributed by atoms with van der Waals surface area (Å²) in [5.74, 6) is 2.79. The normalized spacial score (nSPS) is 29.3. The zero-order chi connectivity index (χ0) is 11.0. The molecule has 2 atom stereocenters. The number of aryl methyl sites for hydroxylation is 1. The van der Waals surface area contributed by atoms with Gasteiger partial charge in [0.25, 0.3) is 0 Å². The molecule has 3 rings (SSSR count). The number of ether oxygens (including phenoxy) is 1. The number of hydrogen-bond donors (Lipinski definition) is 0. The standard InChI is InChI=1S/C13H20N2O/c1-10-2-3-12-7-14-13(15(12)8-10)6-11-4-5-16-9-11/h7,10-11H,2-6,8-9H2,1H3. The Labute approximate surface area is 96.8 Å². The van der Waals surface area contributed by atoms with E-state index in [1.165, 1.54) is 30.8 Å². The molecule has 1 aromatic heterocycles. The highest BCUT2D eigenvalue weighted by Gasteiger charge is 2.22. The topological polar surface area (TPSA) is 27.1 Å². The summed E-state index contributed by atoms with van der Waals surface area (Å²) in [5, 5.41) is 0. The van der Waals surface area contributed by atoms with E-state index >= 15 is 0 Å². The van der Waals surface area contributed by atoms with Crippen molar-refractivity contribution in [1.82, 2.24) is 9.55 Å². The monoisotopic (exact) mass is 220 g/mol. The van der Waals surface area contributed by atoms with Crippen LogP contribution in [0.4, 0.5) is 0 Å². The molecule has 0 amide bonds. The van der Waals surface area contributed by atoms with Crippen molar-refractivity contribution in [2.75, 3.05) is 13.2 Å². The van der Waals surface area contributed by atoms with Gasteiger partial charge in [0, 0.05) is 38.1 Å². The van der Waals surface area contributed by atoms with Gasteiger partial charge in [-0.15, -0.1) is 0 Å². The second-order valence-corrected chi connectivity index (χ2v) is 5.35. The lowest BCUT2D eigenvalue weighted by Crippen LogP contribution is -2.20. The van der Waals surface area contributed by atoms with Crippen molar-refractivity contribution in [2.24, 2.45) is 11.8 Å². The number of aromatic nitrogens is 2. The number of nitrogens with zero attached hydrogens (tertiary/aromatic N) is 2. The fraction of sp³-hybridized carbons (Fsp3) is 0.769. The highest BCUT2D eigenvalue weighted by atomic mass is 16.5. The first kappa shape index (κ1) is 10.3. The molecule has 3 heterocycles. The van der Waals surface area contributed by atoms with Crippen molar-refractivity contribution in [1.29, 1.82) is 0 Å². The van der Waals surface area contributed by atoms with Gasteiger partial charge in [-0.2, -0.15) is 0 Å². The van der Waals surface area contributed by atoms with E-state index in [2.05, 4.69) is 22.7 Å². The molecule has 0 saturated carbocycles. The third kappa shape index (κ3) is 1.88. The number of fused-ring (bicyclic) bond motifs is 1. The van der Waals surface area contributed by atoms with Crippen molar-refractivity contribution >= 4 is 0 Å². The van der Waals surface area contributed by atoms with Gasteiger partial charge in [0.2, 0.25) is 0 Å². The van der Waals surface area contributed by atoms with Gasteiger partial charge in [-0.05, 0) is 31.1 Å². The number of rotatable bonds is 2. The molecular formula is C13H20N2O. The molecule has 0 spiro atoms. The molecule has 0 aromatic carbocycles. The van der Waals surface area contributed by atoms with E-state index < -0.39 is 0 Å². The predicted octanol–water partition coefficient (Wildman–Crippen LogP) is 2.04. The Kier molecular flexibility index (Phi) is 2.72. The SMILES string of the molecule is CC1CCc2cnc(CC3CCOC3)n2C1. The maximum atomic E-state index is 5.43. The Morgan fingerprint density at radius 3 is 3.25 bits per heavy atom. The predicted molar refractivity (Wildman–Crippen MR) is 62.3 cm³/mol. The van der Waals surface area contributed by atoms with Crippen LogP contribution in [-0.4, -0.2) is 22.8 Å². The Morgan fingerprint density at radius 2 is 2.44 bits per heavy atom. The van der Waals surface area contributed by atoms with E-state index in [1.807, 2.05) is 0 Å². The average Bonchev–Trinajstić information content (AvgIpc) is 2.90. The molecule has 0 radical (unpaired) electrons. The van der Waals surface area contributed by atoms with Gasteiger partial charge in [-0.3, -0.25) is 0 Å². The van der Waals surface area contributed by atoms with Crippen LogP contribution >= 0.6 is 0 Å². The summed E-state index contributed by atoms with van der Waals surface area (Å²) in [6, 6.07) is 0. The van der Waals surface area contributed by atoms with Gasteiger partial charge in [0.05, 0.1) is 0 Å². The highest BCUT2D eigenvalue weighted by Crippen LogP contribution is 2.24. The van der Waals surface area contributed by atoms with Gasteiger partial charge < -0.3 is 9.30 Å². The van der Waals surface area contributed by atoms with E-state index in [9.17, 15) is 0 Å². The fourth-order valence-electron chi connectivity index (χ4n) is 2.84. The van der Waals surface area contributed by atoms with E-state index in [1.54, 1.807) is 0 Å². The van der Waals surface area contributed by atoms with Gasteiger partial charge in [-0.1, -0.05) is 6.92 Å². The summed E-state index contributed by atoms with van der Waals surface area (Å²) < 4.78 is 7.88. The van der Waals surface area contributed by atoms with E-state index in [0.717, 1.165) is 32.1 Å². The zero-order valence-electron chi connectivity index (χ0n) is 9.98. The number of imidazole rings is 1. The molecular weight excluding hydrogens is 200 g/mol. The fourth-order valence-corrected chi connectivity index (χ4v) is 2.84. The summed E-state index contributed by atoms with van der Waals surface area (Å²) >= 11 is 0. The minimum absolute atomic E-state index is 0.698. The molecule has 3 heteroatoms. The summed E-state index contributed by atoms with van der Waals surface area (Å²) in [6.45, 7) is 5.37.